The molecule has 1 aromatic rings. The van der Waals surface area contributed by atoms with Gasteiger partial charge in [-0.15, -0.1) is 23.4 Å². The molecule has 1 aromatic heterocycles. The van der Waals surface area contributed by atoms with E-state index in [9.17, 15) is 0 Å². The summed E-state index contributed by atoms with van der Waals surface area (Å²) in [4.78, 5) is 2.53. The minimum Gasteiger partial charge on any atom is -0.314 e. The van der Waals surface area contributed by atoms with Crippen molar-refractivity contribution in [2.75, 3.05) is 32.7 Å². The maximum atomic E-state index is 4.28. The van der Waals surface area contributed by atoms with E-state index in [2.05, 4.69) is 58.1 Å². The van der Waals surface area contributed by atoms with Crippen LogP contribution in [0, 0.1) is 12.8 Å². The maximum Gasteiger partial charge on any atom is 0.157 e. The van der Waals surface area contributed by atoms with E-state index in [1.807, 2.05) is 34.6 Å². The van der Waals surface area contributed by atoms with Gasteiger partial charge in [-0.3, -0.25) is 4.90 Å². The largest absolute Gasteiger partial charge is 0.314 e. The van der Waals surface area contributed by atoms with Crippen LogP contribution in [0.5, 0.6) is 0 Å². The number of nitrogens with one attached hydrogen (secondary N) is 1. The van der Waals surface area contributed by atoms with E-state index in [1.165, 1.54) is 5.57 Å². The van der Waals surface area contributed by atoms with Crippen LogP contribution in [0.15, 0.2) is 18.7 Å². The highest BCUT2D eigenvalue weighted by atomic mass is 15.3. The average molecular weight is 350 g/mol. The van der Waals surface area contributed by atoms with Gasteiger partial charge >= 0.3 is 0 Å². The van der Waals surface area contributed by atoms with Crippen molar-refractivity contribution in [2.45, 2.75) is 54.5 Å². The van der Waals surface area contributed by atoms with Gasteiger partial charge < -0.3 is 9.88 Å². The van der Waals surface area contributed by atoms with Crippen LogP contribution >= 0.6 is 0 Å². The Hall–Kier alpha value is -1.46. The molecule has 1 N–H and O–H groups in total. The number of piperazine rings is 1. The lowest BCUT2D eigenvalue weighted by Gasteiger charge is -2.30. The van der Waals surface area contributed by atoms with Crippen molar-refractivity contribution in [3.05, 3.63) is 30.4 Å². The number of hydrogen-bond acceptors (Lipinski definition) is 4. The van der Waals surface area contributed by atoms with Crippen molar-refractivity contribution >= 4 is 6.08 Å². The summed E-state index contributed by atoms with van der Waals surface area (Å²) in [5, 5.41) is 11.9. The Kier molecular flexibility index (Phi) is 12.1. The van der Waals surface area contributed by atoms with Crippen molar-refractivity contribution < 1.29 is 0 Å². The molecule has 144 valence electrons. The first-order chi connectivity index (χ1) is 12.2. The Morgan fingerprint density at radius 2 is 1.68 bits per heavy atom. The van der Waals surface area contributed by atoms with Gasteiger partial charge in [0.2, 0.25) is 0 Å². The van der Waals surface area contributed by atoms with E-state index in [1.54, 1.807) is 0 Å². The van der Waals surface area contributed by atoms with Gasteiger partial charge in [0.1, 0.15) is 5.82 Å². The third-order valence-electron chi connectivity index (χ3n) is 4.11. The lowest BCUT2D eigenvalue weighted by atomic mass is 9.96. The molecule has 1 saturated heterocycles. The third-order valence-corrected chi connectivity index (χ3v) is 4.11. The van der Waals surface area contributed by atoms with Crippen LogP contribution in [-0.2, 0) is 0 Å². The number of fused-ring (bicyclic) bond motifs is 1. The molecule has 2 aliphatic rings. The first-order valence-corrected chi connectivity index (χ1v) is 9.72. The quantitative estimate of drug-likeness (QED) is 0.840. The summed E-state index contributed by atoms with van der Waals surface area (Å²) in [5.41, 5.74) is 1.49. The molecule has 0 saturated carbocycles. The van der Waals surface area contributed by atoms with E-state index < -0.39 is 0 Å². The molecule has 2 aliphatic heterocycles. The highest BCUT2D eigenvalue weighted by Crippen LogP contribution is 2.35. The van der Waals surface area contributed by atoms with Gasteiger partial charge in [0.05, 0.1) is 6.04 Å². The number of rotatable bonds is 3. The predicted molar refractivity (Wildman–Crippen MR) is 110 cm³/mol. The molecule has 0 aliphatic carbocycles. The Labute approximate surface area is 155 Å². The summed E-state index contributed by atoms with van der Waals surface area (Å²) in [6, 6.07) is 0.430. The second kappa shape index (κ2) is 12.8. The molecule has 0 radical (unpaired) electrons. The molecule has 3 rings (SSSR count). The van der Waals surface area contributed by atoms with Crippen LogP contribution < -0.4 is 5.32 Å². The fourth-order valence-corrected chi connectivity index (χ4v) is 3.24. The SMILES string of the molecule is C=C.CC.CC.Cc1nnc2n1C(C(C)C)C(CN1CCNCC1)=C2. The number of nitrogens with zero attached hydrogens (tertiary/aromatic N) is 4. The molecule has 1 fully saturated rings. The maximum absolute atomic E-state index is 4.28. The standard InChI is InChI=1S/C14H23N5.2C2H6.C2H4/c1-10(2)14-12(9-18-6-4-15-5-7-18)8-13-17-16-11(3)19(13)14;3*1-2/h8,10,14-15H,4-7,9H2,1-3H3;2*1-2H3;1-2H2. The molecular formula is C20H39N5. The van der Waals surface area contributed by atoms with Crippen molar-refractivity contribution in [1.29, 1.82) is 0 Å². The molecule has 0 aromatic carbocycles. The first-order valence-electron chi connectivity index (χ1n) is 9.72. The highest BCUT2D eigenvalue weighted by Gasteiger charge is 2.31. The Morgan fingerprint density at radius 3 is 2.20 bits per heavy atom. The highest BCUT2D eigenvalue weighted by molar-refractivity contribution is 5.53. The minimum absolute atomic E-state index is 0.430. The van der Waals surface area contributed by atoms with Crippen LogP contribution in [0.25, 0.3) is 6.08 Å². The molecule has 25 heavy (non-hydrogen) atoms. The average Bonchev–Trinajstić information content (AvgIpc) is 3.20. The fourth-order valence-electron chi connectivity index (χ4n) is 3.24. The molecule has 0 bridgehead atoms. The van der Waals surface area contributed by atoms with Crippen molar-refractivity contribution in [2.24, 2.45) is 5.92 Å². The van der Waals surface area contributed by atoms with E-state index >= 15 is 0 Å². The summed E-state index contributed by atoms with van der Waals surface area (Å²) in [6.45, 7) is 26.2. The zero-order valence-corrected chi connectivity index (χ0v) is 17.5. The summed E-state index contributed by atoms with van der Waals surface area (Å²) in [6.07, 6.45) is 2.24. The van der Waals surface area contributed by atoms with Gasteiger partial charge in [-0.2, -0.15) is 0 Å². The Balaban J connectivity index is 0.000000871. The van der Waals surface area contributed by atoms with Crippen molar-refractivity contribution in [1.82, 2.24) is 25.0 Å². The van der Waals surface area contributed by atoms with E-state index in [4.69, 9.17) is 0 Å². The molecule has 5 nitrogen and oxygen atoms in total. The molecular weight excluding hydrogens is 310 g/mol. The summed E-state index contributed by atoms with van der Waals surface area (Å²) in [7, 11) is 0. The number of aryl methyl sites for hydroxylation is 1. The lowest BCUT2D eigenvalue weighted by molar-refractivity contribution is 0.249. The zero-order chi connectivity index (χ0) is 19.4. The topological polar surface area (TPSA) is 46.0 Å². The van der Waals surface area contributed by atoms with Crippen LogP contribution in [0.1, 0.15) is 59.2 Å². The first kappa shape index (κ1) is 23.5. The van der Waals surface area contributed by atoms with Crippen LogP contribution in [0.2, 0.25) is 0 Å². The van der Waals surface area contributed by atoms with Gasteiger partial charge in [-0.25, -0.2) is 0 Å². The zero-order valence-electron chi connectivity index (χ0n) is 17.5. The van der Waals surface area contributed by atoms with Crippen molar-refractivity contribution in [3.63, 3.8) is 0 Å². The lowest BCUT2D eigenvalue weighted by Crippen LogP contribution is -2.44. The molecule has 1 unspecified atom stereocenters. The summed E-state index contributed by atoms with van der Waals surface area (Å²) in [5.74, 6) is 2.63. The van der Waals surface area contributed by atoms with Gasteiger partial charge in [0.25, 0.3) is 0 Å². The Morgan fingerprint density at radius 1 is 1.12 bits per heavy atom. The smallest absolute Gasteiger partial charge is 0.157 e. The van der Waals surface area contributed by atoms with Crippen molar-refractivity contribution in [3.8, 4) is 0 Å². The third kappa shape index (κ3) is 6.08. The van der Waals surface area contributed by atoms with E-state index in [0.29, 0.717) is 12.0 Å². The monoisotopic (exact) mass is 349 g/mol. The molecule has 0 amide bonds. The number of hydrogen-bond donors (Lipinski definition) is 1. The van der Waals surface area contributed by atoms with Gasteiger partial charge in [-0.1, -0.05) is 41.5 Å². The normalized spacial score (nSPS) is 18.7. The van der Waals surface area contributed by atoms with Crippen LogP contribution in [0.4, 0.5) is 0 Å². The molecule has 1 atom stereocenters. The van der Waals surface area contributed by atoms with Gasteiger partial charge in [0, 0.05) is 32.7 Å². The van der Waals surface area contributed by atoms with E-state index in [-0.39, 0.29) is 0 Å². The fraction of sp³-hybridized carbons (Fsp3) is 0.700. The minimum atomic E-state index is 0.430. The van der Waals surface area contributed by atoms with E-state index in [0.717, 1.165) is 44.4 Å². The predicted octanol–water partition coefficient (Wildman–Crippen LogP) is 3.94. The molecule has 3 heterocycles. The van der Waals surface area contributed by atoms with Crippen LogP contribution in [-0.4, -0.2) is 52.4 Å². The van der Waals surface area contributed by atoms with Crippen LogP contribution in [0.3, 0.4) is 0 Å². The molecule has 0 spiro atoms. The summed E-state index contributed by atoms with van der Waals surface area (Å²) >= 11 is 0. The summed E-state index contributed by atoms with van der Waals surface area (Å²) < 4.78 is 2.29. The van der Waals surface area contributed by atoms with Gasteiger partial charge in [0.15, 0.2) is 5.82 Å². The second-order valence-electron chi connectivity index (χ2n) is 5.91. The van der Waals surface area contributed by atoms with Gasteiger partial charge in [-0.05, 0) is 24.5 Å². The second-order valence-corrected chi connectivity index (χ2v) is 5.91. The number of aromatic nitrogens is 3. The Bertz CT molecular complexity index is 498. The molecule has 5 heteroatoms.